The largest absolute Gasteiger partial charge is 0.264 e. The molecule has 0 aromatic carbocycles. The van der Waals surface area contributed by atoms with Crippen LogP contribution in [0.4, 0.5) is 0 Å². The maximum Gasteiger partial charge on any atom is 0.241 e. The fraction of sp³-hybridized carbons (Fsp3) is 1.00. The number of rotatable bonds is 2. The molecule has 1 aliphatic carbocycles. The van der Waals surface area contributed by atoms with Gasteiger partial charge < -0.3 is 0 Å². The van der Waals surface area contributed by atoms with Crippen molar-refractivity contribution in [3.8, 4) is 0 Å². The second-order valence-corrected chi connectivity index (χ2v) is 3.50. The zero-order chi connectivity index (χ0) is 9.19. The smallest absolute Gasteiger partial charge is 0.241 e. The second kappa shape index (κ2) is 3.16. The van der Waals surface area contributed by atoms with Crippen molar-refractivity contribution in [1.82, 2.24) is 0 Å². The first kappa shape index (κ1) is 9.09. The summed E-state index contributed by atoms with van der Waals surface area (Å²) >= 11 is 0. The lowest BCUT2D eigenvalue weighted by molar-refractivity contribution is -0.536. The summed E-state index contributed by atoms with van der Waals surface area (Å²) in [5.41, 5.74) is -0.970. The fourth-order valence-corrected chi connectivity index (χ4v) is 1.74. The molecular weight excluding hydrogens is 160 g/mol. The Morgan fingerprint density at radius 2 is 2.25 bits per heavy atom. The third kappa shape index (κ3) is 1.44. The number of nitroso groups, excluding NO2 is 1. The van der Waals surface area contributed by atoms with E-state index in [1.165, 1.54) is 0 Å². The van der Waals surface area contributed by atoms with Crippen molar-refractivity contribution in [3.05, 3.63) is 15.0 Å². The van der Waals surface area contributed by atoms with Gasteiger partial charge in [-0.25, -0.2) is 0 Å². The fourth-order valence-electron chi connectivity index (χ4n) is 1.74. The highest BCUT2D eigenvalue weighted by Gasteiger charge is 2.46. The van der Waals surface area contributed by atoms with Gasteiger partial charge in [0.1, 0.15) is 0 Å². The molecule has 0 spiro atoms. The molecule has 5 heteroatoms. The molecule has 12 heavy (non-hydrogen) atoms. The van der Waals surface area contributed by atoms with E-state index in [1.54, 1.807) is 6.92 Å². The molecule has 68 valence electrons. The van der Waals surface area contributed by atoms with Crippen LogP contribution >= 0.6 is 0 Å². The highest BCUT2D eigenvalue weighted by molar-refractivity contribution is 4.93. The van der Waals surface area contributed by atoms with Crippen molar-refractivity contribution >= 4 is 0 Å². The van der Waals surface area contributed by atoms with Crippen molar-refractivity contribution in [1.29, 1.82) is 0 Å². The number of hydrogen-bond acceptors (Lipinski definition) is 4. The van der Waals surface area contributed by atoms with Gasteiger partial charge in [0.25, 0.3) is 0 Å². The molecule has 0 aromatic rings. The highest BCUT2D eigenvalue weighted by atomic mass is 16.6. The van der Waals surface area contributed by atoms with E-state index in [4.69, 9.17) is 0 Å². The minimum Gasteiger partial charge on any atom is -0.264 e. The Morgan fingerprint density at radius 3 is 2.67 bits per heavy atom. The first-order valence-corrected chi connectivity index (χ1v) is 4.08. The van der Waals surface area contributed by atoms with Crippen LogP contribution in [0.2, 0.25) is 0 Å². The Labute approximate surface area is 70.3 Å². The van der Waals surface area contributed by atoms with Crippen LogP contribution in [0.1, 0.15) is 32.6 Å². The van der Waals surface area contributed by atoms with Gasteiger partial charge in [-0.3, -0.25) is 10.1 Å². The summed E-state index contributed by atoms with van der Waals surface area (Å²) in [5, 5.41) is 13.4. The van der Waals surface area contributed by atoms with E-state index < -0.39 is 11.6 Å². The average Bonchev–Trinajstić information content (AvgIpc) is 2.05. The minimum atomic E-state index is -0.970. The lowest BCUT2D eigenvalue weighted by Gasteiger charge is -2.28. The maximum absolute atomic E-state index is 10.5. The van der Waals surface area contributed by atoms with Gasteiger partial charge in [0.05, 0.1) is 0 Å². The molecule has 0 aromatic heterocycles. The summed E-state index contributed by atoms with van der Waals surface area (Å²) in [6.45, 7) is 1.58. The molecule has 0 amide bonds. The summed E-state index contributed by atoms with van der Waals surface area (Å²) < 4.78 is 0. The predicted molar refractivity (Wildman–Crippen MR) is 43.5 cm³/mol. The molecule has 1 rings (SSSR count). The van der Waals surface area contributed by atoms with E-state index in [0.29, 0.717) is 12.8 Å². The molecule has 1 aliphatic rings. The zero-order valence-electron chi connectivity index (χ0n) is 7.02. The topological polar surface area (TPSA) is 72.6 Å². The van der Waals surface area contributed by atoms with Gasteiger partial charge in [-0.1, -0.05) is 11.6 Å². The average molecular weight is 172 g/mol. The molecule has 0 radical (unpaired) electrons. The van der Waals surface area contributed by atoms with E-state index in [-0.39, 0.29) is 4.92 Å². The van der Waals surface area contributed by atoms with Crippen molar-refractivity contribution in [2.75, 3.05) is 0 Å². The Morgan fingerprint density at radius 1 is 1.58 bits per heavy atom. The molecule has 1 saturated carbocycles. The lowest BCUT2D eigenvalue weighted by Crippen LogP contribution is -2.45. The van der Waals surface area contributed by atoms with E-state index in [2.05, 4.69) is 5.18 Å². The molecule has 0 N–H and O–H groups in total. The Balaban J connectivity index is 2.80. The molecule has 0 aliphatic heterocycles. The van der Waals surface area contributed by atoms with Gasteiger partial charge in [-0.2, -0.15) is 0 Å². The normalized spacial score (nSPS) is 35.9. The summed E-state index contributed by atoms with van der Waals surface area (Å²) in [6, 6.07) is -0.774. The highest BCUT2D eigenvalue weighted by Crippen LogP contribution is 2.32. The predicted octanol–water partition coefficient (Wildman–Crippen LogP) is 1.73. The molecular formula is C7H12N2O3. The van der Waals surface area contributed by atoms with Crippen LogP contribution in [0.5, 0.6) is 0 Å². The minimum absolute atomic E-state index is 0.374. The molecule has 2 unspecified atom stereocenters. The molecule has 0 saturated heterocycles. The van der Waals surface area contributed by atoms with Crippen molar-refractivity contribution in [2.24, 2.45) is 5.18 Å². The quantitative estimate of drug-likeness (QED) is 0.361. The van der Waals surface area contributed by atoms with Gasteiger partial charge >= 0.3 is 0 Å². The molecule has 0 heterocycles. The third-order valence-corrected chi connectivity index (χ3v) is 2.59. The first-order valence-electron chi connectivity index (χ1n) is 4.08. The van der Waals surface area contributed by atoms with Crippen LogP contribution in [-0.4, -0.2) is 16.5 Å². The second-order valence-electron chi connectivity index (χ2n) is 3.50. The van der Waals surface area contributed by atoms with Gasteiger partial charge in [0.2, 0.25) is 6.04 Å². The van der Waals surface area contributed by atoms with Crippen LogP contribution in [0.3, 0.4) is 0 Å². The monoisotopic (exact) mass is 172 g/mol. The van der Waals surface area contributed by atoms with Crippen LogP contribution in [0, 0.1) is 15.0 Å². The summed E-state index contributed by atoms with van der Waals surface area (Å²) in [5.74, 6) is 0. The molecule has 2 atom stereocenters. The van der Waals surface area contributed by atoms with Crippen LogP contribution < -0.4 is 0 Å². The van der Waals surface area contributed by atoms with Gasteiger partial charge in [-0.05, 0) is 19.8 Å². The maximum atomic E-state index is 10.5. The summed E-state index contributed by atoms with van der Waals surface area (Å²) in [4.78, 5) is 20.6. The number of hydrogen-bond donors (Lipinski definition) is 0. The lowest BCUT2D eigenvalue weighted by atomic mass is 9.80. The first-order chi connectivity index (χ1) is 5.60. The Kier molecular flexibility index (Phi) is 2.40. The molecule has 5 nitrogen and oxygen atoms in total. The van der Waals surface area contributed by atoms with Crippen LogP contribution in [0.25, 0.3) is 0 Å². The van der Waals surface area contributed by atoms with E-state index in [0.717, 1.165) is 12.8 Å². The Hall–Kier alpha value is -1.00. The standard InChI is InChI=1S/C7H12N2O3/c1-7(8-10)5-3-2-4-6(7)9(11)12/h6H,2-5H2,1H3. The van der Waals surface area contributed by atoms with Gasteiger partial charge in [0, 0.05) is 11.3 Å². The van der Waals surface area contributed by atoms with Gasteiger partial charge in [0.15, 0.2) is 5.54 Å². The van der Waals surface area contributed by atoms with Crippen LogP contribution in [0.15, 0.2) is 5.18 Å². The van der Waals surface area contributed by atoms with Crippen molar-refractivity contribution in [2.45, 2.75) is 44.2 Å². The van der Waals surface area contributed by atoms with E-state index in [1.807, 2.05) is 0 Å². The van der Waals surface area contributed by atoms with E-state index in [9.17, 15) is 15.0 Å². The Bertz CT molecular complexity index is 207. The van der Waals surface area contributed by atoms with E-state index >= 15 is 0 Å². The summed E-state index contributed by atoms with van der Waals surface area (Å²) in [6.07, 6.45) is 2.72. The zero-order valence-corrected chi connectivity index (χ0v) is 7.02. The van der Waals surface area contributed by atoms with Crippen molar-refractivity contribution in [3.63, 3.8) is 0 Å². The molecule has 0 bridgehead atoms. The van der Waals surface area contributed by atoms with Gasteiger partial charge in [-0.15, -0.1) is 4.91 Å². The molecule has 1 fully saturated rings. The third-order valence-electron chi connectivity index (χ3n) is 2.59. The SMILES string of the molecule is CC1(N=O)CCCCC1[N+](=O)[O-]. The number of nitro groups is 1. The van der Waals surface area contributed by atoms with Crippen molar-refractivity contribution < 1.29 is 4.92 Å². The van der Waals surface area contributed by atoms with Crippen LogP contribution in [-0.2, 0) is 0 Å². The number of nitrogens with zero attached hydrogens (tertiary/aromatic N) is 2. The summed E-state index contributed by atoms with van der Waals surface area (Å²) in [7, 11) is 0.